The summed E-state index contributed by atoms with van der Waals surface area (Å²) in [6.07, 6.45) is 1.72. The Kier molecular flexibility index (Phi) is 4.89. The molecule has 0 radical (unpaired) electrons. The molecule has 0 aliphatic rings. The van der Waals surface area contributed by atoms with Gasteiger partial charge in [0, 0.05) is 0 Å². The molecule has 1 heterocycles. The molecule has 0 saturated heterocycles. The first kappa shape index (κ1) is 15.3. The number of halogens is 1. The van der Waals surface area contributed by atoms with Crippen LogP contribution in [0.3, 0.4) is 0 Å². The maximum atomic E-state index is 12.1. The van der Waals surface area contributed by atoms with E-state index < -0.39 is 21.1 Å². The molecule has 4 nitrogen and oxygen atoms in total. The van der Waals surface area contributed by atoms with Crippen LogP contribution >= 0.6 is 45.7 Å². The molecule has 17 heavy (non-hydrogen) atoms. The van der Waals surface area contributed by atoms with Gasteiger partial charge in [-0.25, -0.2) is 8.42 Å². The first-order valence-corrected chi connectivity index (χ1v) is 9.21. The molecule has 1 aromatic rings. The van der Waals surface area contributed by atoms with E-state index in [1.54, 1.807) is 42.7 Å². The number of rotatable bonds is 4. The minimum Gasteiger partial charge on any atom is -0.544 e. The zero-order chi connectivity index (χ0) is 13.4. The number of hydrogen-bond donors (Lipinski definition) is 0. The summed E-state index contributed by atoms with van der Waals surface area (Å²) in [6.45, 7) is 3.15. The van der Waals surface area contributed by atoms with Gasteiger partial charge < -0.3 is 9.90 Å². The van der Waals surface area contributed by atoms with Crippen molar-refractivity contribution < 1.29 is 18.3 Å². The number of hydrogen-bond acceptors (Lipinski definition) is 6. The van der Waals surface area contributed by atoms with Gasteiger partial charge in [-0.1, -0.05) is 0 Å². The predicted octanol–water partition coefficient (Wildman–Crippen LogP) is 1.62. The molecule has 0 aliphatic heterocycles. The van der Waals surface area contributed by atoms with E-state index in [2.05, 4.69) is 0 Å². The van der Waals surface area contributed by atoms with E-state index in [-0.39, 0.29) is 13.3 Å². The average molecular weight is 405 g/mol. The number of carboxylic acid groups (broad SMARTS) is 1. The third-order valence-corrected chi connectivity index (χ3v) is 8.63. The number of aromatic carboxylic acids is 1. The number of carboxylic acids is 1. The van der Waals surface area contributed by atoms with Crippen molar-refractivity contribution in [1.29, 1.82) is 0 Å². The number of carbonyl (C=O) groups is 1. The molecule has 0 unspecified atom stereocenters. The molecule has 1 rings (SSSR count). The number of thioether (sulfide) groups is 1. The van der Waals surface area contributed by atoms with Crippen LogP contribution in [0, 0.1) is 3.57 Å². The van der Waals surface area contributed by atoms with Gasteiger partial charge in [-0.05, 0) is 42.7 Å². The van der Waals surface area contributed by atoms with Crippen molar-refractivity contribution in [3.8, 4) is 0 Å². The van der Waals surface area contributed by atoms with Crippen LogP contribution in [0.1, 0.15) is 23.5 Å². The molecule has 96 valence electrons. The molecule has 0 amide bonds. The Morgan fingerprint density at radius 2 is 2.00 bits per heavy atom. The Balaban J connectivity index is 3.59. The minimum absolute atomic E-state index is 0.0193. The van der Waals surface area contributed by atoms with Crippen molar-refractivity contribution in [2.45, 2.75) is 28.2 Å². The molecule has 0 atom stereocenters. The number of sulfone groups is 1. The van der Waals surface area contributed by atoms with Gasteiger partial charge in [0.1, 0.15) is 4.90 Å². The second kappa shape index (κ2) is 5.45. The predicted molar refractivity (Wildman–Crippen MR) is 75.5 cm³/mol. The van der Waals surface area contributed by atoms with Crippen LogP contribution in [-0.2, 0) is 9.84 Å². The van der Waals surface area contributed by atoms with E-state index in [1.807, 2.05) is 0 Å². The van der Waals surface area contributed by atoms with Crippen molar-refractivity contribution in [1.82, 2.24) is 0 Å². The molecule has 8 heteroatoms. The van der Waals surface area contributed by atoms with Crippen LogP contribution in [-0.4, -0.2) is 25.9 Å². The SMILES string of the molecule is CSc1sc(C(=O)[O-])c(I)c1S(=O)(=O)C(C)C. The molecule has 0 fully saturated rings. The summed E-state index contributed by atoms with van der Waals surface area (Å²) >= 11 is 3.94. The first-order valence-electron chi connectivity index (χ1n) is 4.55. The lowest BCUT2D eigenvalue weighted by atomic mass is 10.5. The second-order valence-electron chi connectivity index (χ2n) is 3.45. The molecule has 0 saturated carbocycles. The minimum atomic E-state index is -3.47. The van der Waals surface area contributed by atoms with Gasteiger partial charge in [0.25, 0.3) is 0 Å². The number of carbonyl (C=O) groups excluding carboxylic acids is 1. The highest BCUT2D eigenvalue weighted by molar-refractivity contribution is 14.1. The molecule has 0 N–H and O–H groups in total. The fourth-order valence-electron chi connectivity index (χ4n) is 1.12. The Bertz CT molecular complexity index is 545. The fraction of sp³-hybridized carbons (Fsp3) is 0.444. The topological polar surface area (TPSA) is 74.3 Å². The molecule has 0 aliphatic carbocycles. The Morgan fingerprint density at radius 3 is 2.35 bits per heavy atom. The lowest BCUT2D eigenvalue weighted by Gasteiger charge is -2.08. The van der Waals surface area contributed by atoms with E-state index in [4.69, 9.17) is 0 Å². The lowest BCUT2D eigenvalue weighted by molar-refractivity contribution is -0.254. The zero-order valence-corrected chi connectivity index (χ0v) is 13.9. The summed E-state index contributed by atoms with van der Waals surface area (Å²) in [5, 5.41) is 10.3. The van der Waals surface area contributed by atoms with Crippen LogP contribution in [0.4, 0.5) is 0 Å². The summed E-state index contributed by atoms with van der Waals surface area (Å²) in [4.78, 5) is 11.0. The van der Waals surface area contributed by atoms with Crippen LogP contribution in [0.2, 0.25) is 0 Å². The largest absolute Gasteiger partial charge is 0.544 e. The zero-order valence-electron chi connectivity index (χ0n) is 9.31. The van der Waals surface area contributed by atoms with Gasteiger partial charge in [-0.2, -0.15) is 0 Å². The highest BCUT2D eigenvalue weighted by Crippen LogP contribution is 2.40. The van der Waals surface area contributed by atoms with Crippen LogP contribution in [0.15, 0.2) is 9.10 Å². The maximum Gasteiger partial charge on any atom is 0.183 e. The summed E-state index contributed by atoms with van der Waals surface area (Å²) in [5.41, 5.74) is 0. The summed E-state index contributed by atoms with van der Waals surface area (Å²) in [7, 11) is -3.47. The summed E-state index contributed by atoms with van der Waals surface area (Å²) in [6, 6.07) is 0. The summed E-state index contributed by atoms with van der Waals surface area (Å²) in [5.74, 6) is -1.33. The van der Waals surface area contributed by atoms with E-state index in [0.717, 1.165) is 11.3 Å². The van der Waals surface area contributed by atoms with E-state index in [1.165, 1.54) is 11.8 Å². The maximum absolute atomic E-state index is 12.1. The fourth-order valence-corrected chi connectivity index (χ4v) is 6.94. The first-order chi connectivity index (χ1) is 7.73. The van der Waals surface area contributed by atoms with Gasteiger partial charge in [0.15, 0.2) is 9.84 Å². The van der Waals surface area contributed by atoms with Crippen molar-refractivity contribution in [3.63, 3.8) is 0 Å². The van der Waals surface area contributed by atoms with Crippen molar-refractivity contribution >= 4 is 61.5 Å². The standard InChI is InChI=1S/C9H11IO4S3/c1-4(2)17(13,14)7-5(10)6(8(11)12)16-9(7)15-3/h4H,1-3H3,(H,11,12)/p-1. The van der Waals surface area contributed by atoms with Crippen LogP contribution < -0.4 is 5.11 Å². The van der Waals surface area contributed by atoms with Gasteiger partial charge in [0.05, 0.1) is 23.9 Å². The molecule has 0 aromatic carbocycles. The van der Waals surface area contributed by atoms with Gasteiger partial charge >= 0.3 is 0 Å². The molecule has 1 aromatic heterocycles. The van der Waals surface area contributed by atoms with Crippen LogP contribution in [0.25, 0.3) is 0 Å². The second-order valence-corrected chi connectivity index (χ2v) is 9.06. The monoisotopic (exact) mass is 405 g/mol. The van der Waals surface area contributed by atoms with E-state index in [9.17, 15) is 18.3 Å². The smallest absolute Gasteiger partial charge is 0.183 e. The van der Waals surface area contributed by atoms with Crippen molar-refractivity contribution in [2.24, 2.45) is 0 Å². The highest BCUT2D eigenvalue weighted by Gasteiger charge is 2.29. The highest BCUT2D eigenvalue weighted by atomic mass is 127. The van der Waals surface area contributed by atoms with Gasteiger partial charge in [-0.3, -0.25) is 0 Å². The normalized spacial score (nSPS) is 12.1. The van der Waals surface area contributed by atoms with E-state index in [0.29, 0.717) is 4.21 Å². The number of thiophene rings is 1. The molecule has 0 spiro atoms. The lowest BCUT2D eigenvalue weighted by Crippen LogP contribution is -2.22. The molecule has 0 bridgehead atoms. The Hall–Kier alpha value is 0.200. The quantitative estimate of drug-likeness (QED) is 0.562. The van der Waals surface area contributed by atoms with E-state index >= 15 is 0 Å². The van der Waals surface area contributed by atoms with Gasteiger partial charge in [-0.15, -0.1) is 23.1 Å². The van der Waals surface area contributed by atoms with Gasteiger partial charge in [0.2, 0.25) is 0 Å². The Labute approximate surface area is 122 Å². The van der Waals surface area contributed by atoms with Crippen molar-refractivity contribution in [2.75, 3.05) is 6.26 Å². The molecular formula is C9H10IO4S3-. The summed E-state index contributed by atoms with van der Waals surface area (Å²) < 4.78 is 25.0. The average Bonchev–Trinajstić information content (AvgIpc) is 2.55. The third kappa shape index (κ3) is 2.79. The van der Waals surface area contributed by atoms with Crippen molar-refractivity contribution in [3.05, 3.63) is 8.45 Å². The Morgan fingerprint density at radius 1 is 1.47 bits per heavy atom. The molecular weight excluding hydrogens is 395 g/mol. The van der Waals surface area contributed by atoms with Crippen LogP contribution in [0.5, 0.6) is 0 Å². The third-order valence-electron chi connectivity index (χ3n) is 2.05.